The zero-order chi connectivity index (χ0) is 20.3. The molecule has 1 saturated carbocycles. The summed E-state index contributed by atoms with van der Waals surface area (Å²) in [5.41, 5.74) is 4.81. The van der Waals surface area contributed by atoms with Gasteiger partial charge in [-0.3, -0.25) is 4.79 Å². The minimum Gasteiger partial charge on any atom is -0.349 e. The number of anilines is 1. The average molecular weight is 380 g/mol. The zero-order valence-electron chi connectivity index (χ0n) is 17.1. The number of hydrogen-bond donors (Lipinski definition) is 3. The van der Waals surface area contributed by atoms with E-state index in [0.29, 0.717) is 5.69 Å². The van der Waals surface area contributed by atoms with Gasteiger partial charge in [-0.1, -0.05) is 42.3 Å². The Hall–Kier alpha value is -2.82. The lowest BCUT2D eigenvalue weighted by Crippen LogP contribution is -2.49. The lowest BCUT2D eigenvalue weighted by molar-refractivity contribution is -0.130. The maximum Gasteiger partial charge on any atom is 0.318 e. The van der Waals surface area contributed by atoms with Crippen molar-refractivity contribution in [2.75, 3.05) is 12.4 Å². The summed E-state index contributed by atoms with van der Waals surface area (Å²) in [5, 5.41) is 8.51. The standard InChI is InChI=1S/C23H29N3O2/c1-15-6-11-20(16(2)14-15)17(3)25-21(27)23(12-5-13-23)18-7-9-19(10-8-18)26-22(28)24-4/h6-11,14,17H,5,12-13H2,1-4H3,(H,25,27)(H2,24,26,28). The van der Waals surface area contributed by atoms with E-state index in [9.17, 15) is 9.59 Å². The lowest BCUT2D eigenvalue weighted by atomic mass is 9.63. The molecule has 0 aliphatic heterocycles. The Labute approximate surface area is 166 Å². The molecule has 0 bridgehead atoms. The Bertz CT molecular complexity index is 870. The van der Waals surface area contributed by atoms with Crippen LogP contribution in [0.25, 0.3) is 0 Å². The molecule has 0 heterocycles. The molecule has 1 unspecified atom stereocenters. The van der Waals surface area contributed by atoms with E-state index in [0.717, 1.165) is 30.4 Å². The van der Waals surface area contributed by atoms with Crippen LogP contribution in [-0.2, 0) is 10.2 Å². The second-order valence-corrected chi connectivity index (χ2v) is 7.77. The van der Waals surface area contributed by atoms with Crippen LogP contribution in [0.3, 0.4) is 0 Å². The first-order valence-corrected chi connectivity index (χ1v) is 9.83. The number of hydrogen-bond acceptors (Lipinski definition) is 2. The van der Waals surface area contributed by atoms with Crippen molar-refractivity contribution in [2.24, 2.45) is 0 Å². The maximum atomic E-state index is 13.2. The number of benzene rings is 2. The van der Waals surface area contributed by atoms with E-state index in [1.54, 1.807) is 7.05 Å². The summed E-state index contributed by atoms with van der Waals surface area (Å²) < 4.78 is 0. The Morgan fingerprint density at radius 2 is 1.71 bits per heavy atom. The first-order chi connectivity index (χ1) is 13.4. The highest BCUT2D eigenvalue weighted by Gasteiger charge is 2.45. The molecule has 1 aliphatic rings. The van der Waals surface area contributed by atoms with Crippen molar-refractivity contribution in [3.8, 4) is 0 Å². The first-order valence-electron chi connectivity index (χ1n) is 9.83. The number of carbonyl (C=O) groups excluding carboxylic acids is 2. The molecule has 1 aliphatic carbocycles. The number of urea groups is 1. The summed E-state index contributed by atoms with van der Waals surface area (Å²) in [5.74, 6) is 0.0817. The van der Waals surface area contributed by atoms with Gasteiger partial charge in [0.25, 0.3) is 0 Å². The second-order valence-electron chi connectivity index (χ2n) is 7.77. The Morgan fingerprint density at radius 3 is 2.25 bits per heavy atom. The predicted molar refractivity (Wildman–Crippen MR) is 113 cm³/mol. The van der Waals surface area contributed by atoms with Crippen LogP contribution in [0.1, 0.15) is 54.5 Å². The molecule has 0 saturated heterocycles. The van der Waals surface area contributed by atoms with E-state index in [4.69, 9.17) is 0 Å². The molecule has 148 valence electrons. The van der Waals surface area contributed by atoms with Crippen molar-refractivity contribution >= 4 is 17.6 Å². The number of carbonyl (C=O) groups is 2. The normalized spacial score (nSPS) is 15.9. The molecule has 5 nitrogen and oxygen atoms in total. The molecule has 3 rings (SSSR count). The second kappa shape index (κ2) is 8.05. The Morgan fingerprint density at radius 1 is 1.04 bits per heavy atom. The van der Waals surface area contributed by atoms with Crippen LogP contribution in [0.2, 0.25) is 0 Å². The van der Waals surface area contributed by atoms with Gasteiger partial charge in [-0.05, 0) is 62.4 Å². The third kappa shape index (κ3) is 3.88. The topological polar surface area (TPSA) is 70.2 Å². The summed E-state index contributed by atoms with van der Waals surface area (Å²) in [4.78, 5) is 24.7. The van der Waals surface area contributed by atoms with Crippen LogP contribution in [-0.4, -0.2) is 19.0 Å². The highest BCUT2D eigenvalue weighted by molar-refractivity contribution is 5.91. The third-order valence-corrected chi connectivity index (χ3v) is 5.80. The molecule has 1 fully saturated rings. The lowest BCUT2D eigenvalue weighted by Gasteiger charge is -2.41. The number of aryl methyl sites for hydroxylation is 2. The summed E-state index contributed by atoms with van der Waals surface area (Å²) in [7, 11) is 1.58. The van der Waals surface area contributed by atoms with E-state index in [1.807, 2.05) is 31.2 Å². The first kappa shape index (κ1) is 19.9. The molecule has 0 radical (unpaired) electrons. The van der Waals surface area contributed by atoms with Gasteiger partial charge in [0.05, 0.1) is 11.5 Å². The fourth-order valence-electron chi connectivity index (χ4n) is 3.97. The highest BCUT2D eigenvalue weighted by atomic mass is 16.2. The minimum atomic E-state index is -0.474. The van der Waals surface area contributed by atoms with Gasteiger partial charge in [0, 0.05) is 12.7 Å². The van der Waals surface area contributed by atoms with Crippen LogP contribution in [0.4, 0.5) is 10.5 Å². The summed E-state index contributed by atoms with van der Waals surface area (Å²) in [6, 6.07) is 13.6. The summed E-state index contributed by atoms with van der Waals surface area (Å²) >= 11 is 0. The van der Waals surface area contributed by atoms with Gasteiger partial charge in [-0.25, -0.2) is 4.79 Å². The van der Waals surface area contributed by atoms with E-state index in [1.165, 1.54) is 11.1 Å². The molecule has 1 atom stereocenters. The van der Waals surface area contributed by atoms with E-state index in [-0.39, 0.29) is 18.0 Å². The van der Waals surface area contributed by atoms with Gasteiger partial charge in [-0.15, -0.1) is 0 Å². The van der Waals surface area contributed by atoms with Crippen molar-refractivity contribution in [1.82, 2.24) is 10.6 Å². The monoisotopic (exact) mass is 379 g/mol. The number of rotatable bonds is 5. The van der Waals surface area contributed by atoms with Gasteiger partial charge >= 0.3 is 6.03 Å². The molecule has 28 heavy (non-hydrogen) atoms. The number of nitrogens with one attached hydrogen (secondary N) is 3. The Kier molecular flexibility index (Phi) is 5.73. The molecule has 5 heteroatoms. The molecule has 0 spiro atoms. The van der Waals surface area contributed by atoms with Crippen LogP contribution >= 0.6 is 0 Å². The van der Waals surface area contributed by atoms with Crippen molar-refractivity contribution in [2.45, 2.75) is 51.5 Å². The molecule has 3 N–H and O–H groups in total. The molecule has 2 aromatic carbocycles. The van der Waals surface area contributed by atoms with Crippen molar-refractivity contribution in [3.63, 3.8) is 0 Å². The SMILES string of the molecule is CNC(=O)Nc1ccc(C2(C(=O)NC(C)c3ccc(C)cc3C)CCC2)cc1. The van der Waals surface area contributed by atoms with Crippen LogP contribution in [0.15, 0.2) is 42.5 Å². The average Bonchev–Trinajstić information content (AvgIpc) is 2.61. The van der Waals surface area contributed by atoms with Gasteiger partial charge < -0.3 is 16.0 Å². The van der Waals surface area contributed by atoms with E-state index < -0.39 is 5.41 Å². The quantitative estimate of drug-likeness (QED) is 0.723. The van der Waals surface area contributed by atoms with Crippen LogP contribution in [0, 0.1) is 13.8 Å². The predicted octanol–water partition coefficient (Wildman–Crippen LogP) is 4.35. The smallest absolute Gasteiger partial charge is 0.318 e. The fourth-order valence-corrected chi connectivity index (χ4v) is 3.97. The molecule has 0 aromatic heterocycles. The van der Waals surface area contributed by atoms with Gasteiger partial charge in [0.1, 0.15) is 0 Å². The van der Waals surface area contributed by atoms with Crippen molar-refractivity contribution in [3.05, 3.63) is 64.7 Å². The highest BCUT2D eigenvalue weighted by Crippen LogP contribution is 2.44. The molecule has 2 aromatic rings. The van der Waals surface area contributed by atoms with Crippen LogP contribution in [0.5, 0.6) is 0 Å². The zero-order valence-corrected chi connectivity index (χ0v) is 17.1. The third-order valence-electron chi connectivity index (χ3n) is 5.80. The molecular weight excluding hydrogens is 350 g/mol. The van der Waals surface area contributed by atoms with E-state index in [2.05, 4.69) is 48.0 Å². The van der Waals surface area contributed by atoms with Crippen molar-refractivity contribution < 1.29 is 9.59 Å². The minimum absolute atomic E-state index is 0.0419. The fraction of sp³-hybridized carbons (Fsp3) is 0.391. The largest absolute Gasteiger partial charge is 0.349 e. The number of amides is 3. The van der Waals surface area contributed by atoms with Gasteiger partial charge in [0.2, 0.25) is 5.91 Å². The molecule has 3 amide bonds. The van der Waals surface area contributed by atoms with E-state index >= 15 is 0 Å². The van der Waals surface area contributed by atoms with Crippen molar-refractivity contribution in [1.29, 1.82) is 0 Å². The van der Waals surface area contributed by atoms with Crippen LogP contribution < -0.4 is 16.0 Å². The maximum absolute atomic E-state index is 13.2. The van der Waals surface area contributed by atoms with Gasteiger partial charge in [-0.2, -0.15) is 0 Å². The summed E-state index contributed by atoms with van der Waals surface area (Å²) in [6.07, 6.45) is 2.74. The molecular formula is C23H29N3O2. The van der Waals surface area contributed by atoms with Gasteiger partial charge in [0.15, 0.2) is 0 Å². The summed E-state index contributed by atoms with van der Waals surface area (Å²) in [6.45, 7) is 6.20. The Balaban J connectivity index is 1.76.